The Morgan fingerprint density at radius 3 is 3.00 bits per heavy atom. The molecule has 3 rings (SSSR count). The van der Waals surface area contributed by atoms with E-state index in [1.807, 2.05) is 12.3 Å². The third-order valence-electron chi connectivity index (χ3n) is 4.33. The number of nitrogens with one attached hydrogen (secondary N) is 1. The molecule has 2 unspecified atom stereocenters. The van der Waals surface area contributed by atoms with Crippen LogP contribution >= 0.6 is 0 Å². The zero-order valence-corrected chi connectivity index (χ0v) is 12.3. The van der Waals surface area contributed by atoms with Crippen LogP contribution in [0.2, 0.25) is 0 Å². The van der Waals surface area contributed by atoms with Gasteiger partial charge < -0.3 is 10.2 Å². The average Bonchev–Trinajstić information content (AvgIpc) is 2.49. The van der Waals surface area contributed by atoms with Gasteiger partial charge in [0.25, 0.3) is 0 Å². The lowest BCUT2D eigenvalue weighted by atomic mass is 9.93. The minimum Gasteiger partial charge on any atom is -0.371 e. The highest BCUT2D eigenvalue weighted by atomic mass is 15.2. The molecule has 0 spiro atoms. The van der Waals surface area contributed by atoms with Crippen molar-refractivity contribution in [1.82, 2.24) is 10.3 Å². The molecule has 1 N–H and O–H groups in total. The van der Waals surface area contributed by atoms with Crippen molar-refractivity contribution in [2.75, 3.05) is 24.5 Å². The van der Waals surface area contributed by atoms with E-state index < -0.39 is 0 Å². The molecular formula is C17H23N3. The van der Waals surface area contributed by atoms with E-state index in [0.29, 0.717) is 12.0 Å². The molecule has 1 aliphatic rings. The predicted molar refractivity (Wildman–Crippen MR) is 85.2 cm³/mol. The second kappa shape index (κ2) is 5.80. The zero-order chi connectivity index (χ0) is 13.9. The van der Waals surface area contributed by atoms with Gasteiger partial charge in [-0.1, -0.05) is 19.9 Å². The molecule has 3 heteroatoms. The Balaban J connectivity index is 1.86. The second-order valence-electron chi connectivity index (χ2n) is 5.72. The number of pyridine rings is 1. The van der Waals surface area contributed by atoms with E-state index in [0.717, 1.165) is 25.2 Å². The fraction of sp³-hybridized carbons (Fsp3) is 0.471. The highest BCUT2D eigenvalue weighted by Crippen LogP contribution is 2.29. The number of piperidine rings is 1. The van der Waals surface area contributed by atoms with Gasteiger partial charge in [-0.15, -0.1) is 0 Å². The van der Waals surface area contributed by atoms with E-state index >= 15 is 0 Å². The normalized spacial score (nSPS) is 23.2. The minimum absolute atomic E-state index is 0.657. The van der Waals surface area contributed by atoms with Gasteiger partial charge in [-0.25, -0.2) is 0 Å². The fourth-order valence-electron chi connectivity index (χ4n) is 3.29. The van der Waals surface area contributed by atoms with Crippen LogP contribution in [0.3, 0.4) is 0 Å². The van der Waals surface area contributed by atoms with Crippen LogP contribution < -0.4 is 10.2 Å². The lowest BCUT2D eigenvalue weighted by Crippen LogP contribution is -2.48. The van der Waals surface area contributed by atoms with Crippen LogP contribution in [0.4, 0.5) is 5.69 Å². The van der Waals surface area contributed by atoms with Crippen molar-refractivity contribution in [3.8, 4) is 0 Å². The van der Waals surface area contributed by atoms with Crippen molar-refractivity contribution in [2.45, 2.75) is 26.3 Å². The molecule has 20 heavy (non-hydrogen) atoms. The van der Waals surface area contributed by atoms with Crippen LogP contribution in [0.1, 0.15) is 20.3 Å². The van der Waals surface area contributed by atoms with Crippen LogP contribution in [0, 0.1) is 5.92 Å². The number of hydrogen-bond acceptors (Lipinski definition) is 3. The predicted octanol–water partition coefficient (Wildman–Crippen LogP) is 3.06. The highest BCUT2D eigenvalue weighted by molar-refractivity contribution is 5.91. The lowest BCUT2D eigenvalue weighted by molar-refractivity contribution is 0.327. The summed E-state index contributed by atoms with van der Waals surface area (Å²) in [6, 6.07) is 11.3. The van der Waals surface area contributed by atoms with E-state index in [4.69, 9.17) is 0 Å². The molecule has 0 radical (unpaired) electrons. The van der Waals surface area contributed by atoms with Gasteiger partial charge in [-0.2, -0.15) is 0 Å². The van der Waals surface area contributed by atoms with Crippen LogP contribution in [0.15, 0.2) is 36.5 Å². The average molecular weight is 269 g/mol. The van der Waals surface area contributed by atoms with Gasteiger partial charge in [0.1, 0.15) is 0 Å². The molecule has 1 fully saturated rings. The molecule has 1 aromatic carbocycles. The monoisotopic (exact) mass is 269 g/mol. The van der Waals surface area contributed by atoms with E-state index in [9.17, 15) is 0 Å². The van der Waals surface area contributed by atoms with Gasteiger partial charge in [-0.3, -0.25) is 4.98 Å². The van der Waals surface area contributed by atoms with Crippen LogP contribution in [0.25, 0.3) is 10.9 Å². The molecule has 106 valence electrons. The van der Waals surface area contributed by atoms with Gasteiger partial charge >= 0.3 is 0 Å². The van der Waals surface area contributed by atoms with E-state index in [-0.39, 0.29) is 0 Å². The summed E-state index contributed by atoms with van der Waals surface area (Å²) in [7, 11) is 0. The Bertz CT molecular complexity index is 576. The summed E-state index contributed by atoms with van der Waals surface area (Å²) in [6.45, 7) is 7.84. The number of nitrogens with zero attached hydrogens (tertiary/aromatic N) is 2. The Morgan fingerprint density at radius 2 is 2.20 bits per heavy atom. The quantitative estimate of drug-likeness (QED) is 0.928. The summed E-state index contributed by atoms with van der Waals surface area (Å²) in [5.41, 5.74) is 2.42. The first kappa shape index (κ1) is 13.4. The number of benzene rings is 1. The van der Waals surface area contributed by atoms with Crippen LogP contribution in [-0.4, -0.2) is 30.7 Å². The molecule has 3 nitrogen and oxygen atoms in total. The Hall–Kier alpha value is -1.61. The molecule has 0 amide bonds. The van der Waals surface area contributed by atoms with Crippen LogP contribution in [-0.2, 0) is 0 Å². The van der Waals surface area contributed by atoms with Gasteiger partial charge in [-0.05, 0) is 43.1 Å². The Morgan fingerprint density at radius 1 is 1.30 bits per heavy atom. The molecule has 2 heterocycles. The topological polar surface area (TPSA) is 28.2 Å². The standard InChI is InChI=1S/C17H23N3/c1-3-18-15-9-11-20(12-13(15)2)17-8-4-7-16-14(17)6-5-10-19-16/h4-8,10,13,15,18H,3,9,11-12H2,1-2H3. The highest BCUT2D eigenvalue weighted by Gasteiger charge is 2.26. The Labute approximate surface area is 121 Å². The number of hydrogen-bond donors (Lipinski definition) is 1. The number of rotatable bonds is 3. The van der Waals surface area contributed by atoms with Gasteiger partial charge in [0.05, 0.1) is 5.52 Å². The maximum absolute atomic E-state index is 4.46. The smallest absolute Gasteiger partial charge is 0.0722 e. The van der Waals surface area contributed by atoms with Crippen LogP contribution in [0.5, 0.6) is 0 Å². The zero-order valence-electron chi connectivity index (χ0n) is 12.3. The summed E-state index contributed by atoms with van der Waals surface area (Å²) < 4.78 is 0. The molecule has 0 saturated carbocycles. The van der Waals surface area contributed by atoms with E-state index in [2.05, 4.69) is 53.3 Å². The number of aromatic nitrogens is 1. The first-order valence-corrected chi connectivity index (χ1v) is 7.61. The third-order valence-corrected chi connectivity index (χ3v) is 4.33. The molecular weight excluding hydrogens is 246 g/mol. The second-order valence-corrected chi connectivity index (χ2v) is 5.72. The third kappa shape index (κ3) is 2.50. The summed E-state index contributed by atoms with van der Waals surface area (Å²) in [6.07, 6.45) is 3.08. The summed E-state index contributed by atoms with van der Waals surface area (Å²) >= 11 is 0. The minimum atomic E-state index is 0.657. The summed E-state index contributed by atoms with van der Waals surface area (Å²) in [5, 5.41) is 4.87. The van der Waals surface area contributed by atoms with Crippen molar-refractivity contribution in [3.05, 3.63) is 36.5 Å². The fourth-order valence-corrected chi connectivity index (χ4v) is 3.29. The van der Waals surface area contributed by atoms with Gasteiger partial charge in [0.15, 0.2) is 0 Å². The van der Waals surface area contributed by atoms with Gasteiger partial charge in [0, 0.05) is 36.4 Å². The van der Waals surface area contributed by atoms with E-state index in [1.54, 1.807) is 0 Å². The first-order valence-electron chi connectivity index (χ1n) is 7.61. The van der Waals surface area contributed by atoms with E-state index in [1.165, 1.54) is 17.5 Å². The molecule has 1 saturated heterocycles. The molecule has 2 atom stereocenters. The SMILES string of the molecule is CCNC1CCN(c2cccc3ncccc23)CC1C. The number of fused-ring (bicyclic) bond motifs is 1. The van der Waals surface area contributed by atoms with Crippen molar-refractivity contribution in [3.63, 3.8) is 0 Å². The van der Waals surface area contributed by atoms with Crippen molar-refractivity contribution < 1.29 is 0 Å². The molecule has 1 aromatic heterocycles. The van der Waals surface area contributed by atoms with Gasteiger partial charge in [0.2, 0.25) is 0 Å². The molecule has 1 aliphatic heterocycles. The summed E-state index contributed by atoms with van der Waals surface area (Å²) in [5.74, 6) is 0.677. The van der Waals surface area contributed by atoms with Crippen molar-refractivity contribution in [1.29, 1.82) is 0 Å². The Kier molecular flexibility index (Phi) is 3.88. The largest absolute Gasteiger partial charge is 0.371 e. The molecule has 2 aromatic rings. The maximum atomic E-state index is 4.46. The molecule has 0 bridgehead atoms. The van der Waals surface area contributed by atoms with Crippen molar-refractivity contribution in [2.24, 2.45) is 5.92 Å². The molecule has 0 aliphatic carbocycles. The maximum Gasteiger partial charge on any atom is 0.0722 e. The lowest BCUT2D eigenvalue weighted by Gasteiger charge is -2.39. The number of anilines is 1. The first-order chi connectivity index (χ1) is 9.79. The summed E-state index contributed by atoms with van der Waals surface area (Å²) in [4.78, 5) is 6.98. The van der Waals surface area contributed by atoms with Crippen molar-refractivity contribution >= 4 is 16.6 Å².